The van der Waals surface area contributed by atoms with Crippen molar-refractivity contribution in [3.8, 4) is 0 Å². The molecule has 0 heterocycles. The van der Waals surface area contributed by atoms with Gasteiger partial charge in [0, 0.05) is 6.92 Å². The second-order valence-electron chi connectivity index (χ2n) is 1.84. The van der Waals surface area contributed by atoms with E-state index in [0.717, 1.165) is 6.92 Å². The Morgan fingerprint density at radius 1 is 1.45 bits per heavy atom. The fourth-order valence-corrected chi connectivity index (χ4v) is 1.41. The molecule has 62 valence electrons. The van der Waals surface area contributed by atoms with Crippen LogP contribution in [0.1, 0.15) is 20.3 Å². The number of hydrogen-bond acceptors (Lipinski definition) is 4. The van der Waals surface area contributed by atoms with Crippen molar-refractivity contribution in [1.82, 2.24) is 0 Å². The first-order valence-electron chi connectivity index (χ1n) is 2.90. The topological polar surface area (TPSA) is 60.4 Å². The molecule has 11 heavy (non-hydrogen) atoms. The second-order valence-corrected chi connectivity index (χ2v) is 3.53. The van der Waals surface area contributed by atoms with Gasteiger partial charge in [-0.3, -0.25) is 4.79 Å². The van der Waals surface area contributed by atoms with Gasteiger partial charge < -0.3 is 4.18 Å². The van der Waals surface area contributed by atoms with Gasteiger partial charge in [-0.25, -0.2) is 0 Å². The van der Waals surface area contributed by atoms with E-state index in [1.165, 1.54) is 0 Å². The molecule has 0 N–H and O–H groups in total. The van der Waals surface area contributed by atoms with Crippen LogP contribution < -0.4 is 0 Å². The van der Waals surface area contributed by atoms with E-state index in [1.54, 1.807) is 6.92 Å². The van der Waals surface area contributed by atoms with Gasteiger partial charge in [-0.05, 0) is 6.42 Å². The molecule has 0 saturated heterocycles. The summed E-state index contributed by atoms with van der Waals surface area (Å²) in [7, 11) is -3.58. The Labute approximate surface area is 88.7 Å². The van der Waals surface area contributed by atoms with Gasteiger partial charge in [-0.15, -0.1) is 0 Å². The van der Waals surface area contributed by atoms with E-state index < -0.39 is 16.1 Å². The Kier molecular flexibility index (Phi) is 7.61. The fourth-order valence-electron chi connectivity index (χ4n) is 0.470. The summed E-state index contributed by atoms with van der Waals surface area (Å²) in [6.07, 6.45) is 0.454. The van der Waals surface area contributed by atoms with Crippen LogP contribution >= 0.6 is 0 Å². The molecule has 0 unspecified atom stereocenters. The molecule has 0 aliphatic rings. The Balaban J connectivity index is 0. The normalized spacial score (nSPS) is 10.0. The molecule has 0 fully saturated rings. The molecule has 0 radical (unpaired) electrons. The molecule has 0 saturated carbocycles. The third-order valence-corrected chi connectivity index (χ3v) is 2.10. The molecule has 0 aliphatic heterocycles. The van der Waals surface area contributed by atoms with Crippen molar-refractivity contribution in [2.75, 3.05) is 5.75 Å². The number of carbonyl (C=O) groups excluding carboxylic acids is 1. The van der Waals surface area contributed by atoms with E-state index in [4.69, 9.17) is 0 Å². The van der Waals surface area contributed by atoms with Gasteiger partial charge in [0.1, 0.15) is 0 Å². The van der Waals surface area contributed by atoms with Crippen LogP contribution in [0.2, 0.25) is 0 Å². The average Bonchev–Trinajstić information content (AvgIpc) is 1.59. The Morgan fingerprint density at radius 2 is 1.91 bits per heavy atom. The molecular formula is C5H11NaO4S. The van der Waals surface area contributed by atoms with Crippen molar-refractivity contribution in [2.24, 2.45) is 0 Å². The summed E-state index contributed by atoms with van der Waals surface area (Å²) in [5, 5.41) is 0. The van der Waals surface area contributed by atoms with Crippen molar-refractivity contribution < 1.29 is 17.4 Å². The summed E-state index contributed by atoms with van der Waals surface area (Å²) in [4.78, 5) is 10.1. The summed E-state index contributed by atoms with van der Waals surface area (Å²) >= 11 is 0. The molecule has 0 amide bonds. The standard InChI is InChI=1S/C5H10O4S.Na.H/c1-3-4-10(7,8)9-5(2)6;;/h3-4H2,1-2H3;;. The third-order valence-electron chi connectivity index (χ3n) is 0.698. The summed E-state index contributed by atoms with van der Waals surface area (Å²) in [6, 6.07) is 0. The van der Waals surface area contributed by atoms with Gasteiger partial charge in [0.05, 0.1) is 5.75 Å². The van der Waals surface area contributed by atoms with Crippen LogP contribution in [0, 0.1) is 0 Å². The molecule has 4 nitrogen and oxygen atoms in total. The second kappa shape index (κ2) is 5.99. The van der Waals surface area contributed by atoms with Gasteiger partial charge in [0.25, 0.3) is 0 Å². The Hall–Kier alpha value is 0.420. The minimum absolute atomic E-state index is 0. The molecule has 0 aromatic rings. The third kappa shape index (κ3) is 8.33. The Bertz CT molecular complexity index is 209. The van der Waals surface area contributed by atoms with Crippen LogP contribution in [0.5, 0.6) is 0 Å². The van der Waals surface area contributed by atoms with E-state index in [-0.39, 0.29) is 35.3 Å². The summed E-state index contributed by atoms with van der Waals surface area (Å²) < 4.78 is 25.2. The van der Waals surface area contributed by atoms with E-state index in [9.17, 15) is 13.2 Å². The first-order chi connectivity index (χ1) is 4.48. The molecular weight excluding hydrogens is 179 g/mol. The maximum atomic E-state index is 10.6. The SMILES string of the molecule is CCCS(=O)(=O)OC(C)=O.[NaH]. The zero-order valence-electron chi connectivity index (χ0n) is 5.96. The first kappa shape index (κ1) is 14.0. The summed E-state index contributed by atoms with van der Waals surface area (Å²) in [5.41, 5.74) is 0. The van der Waals surface area contributed by atoms with Crippen molar-refractivity contribution in [1.29, 1.82) is 0 Å². The number of hydrogen-bond donors (Lipinski definition) is 0. The molecule has 0 aromatic carbocycles. The zero-order valence-corrected chi connectivity index (χ0v) is 6.77. The van der Waals surface area contributed by atoms with Crippen molar-refractivity contribution >= 4 is 45.6 Å². The summed E-state index contributed by atoms with van der Waals surface area (Å²) in [5.74, 6) is -0.888. The fraction of sp³-hybridized carbons (Fsp3) is 0.800. The zero-order chi connectivity index (χ0) is 8.20. The molecule has 0 bridgehead atoms. The van der Waals surface area contributed by atoms with E-state index in [2.05, 4.69) is 4.18 Å². The van der Waals surface area contributed by atoms with Crippen LogP contribution in [0.25, 0.3) is 0 Å². The van der Waals surface area contributed by atoms with Crippen LogP contribution in [-0.2, 0) is 19.1 Å². The van der Waals surface area contributed by atoms with Crippen molar-refractivity contribution in [3.05, 3.63) is 0 Å². The van der Waals surface area contributed by atoms with Gasteiger partial charge in [0.2, 0.25) is 0 Å². The average molecular weight is 190 g/mol. The van der Waals surface area contributed by atoms with Crippen molar-refractivity contribution in [2.45, 2.75) is 20.3 Å². The van der Waals surface area contributed by atoms with Crippen LogP contribution in [0.3, 0.4) is 0 Å². The predicted molar refractivity (Wildman–Crippen MR) is 43.0 cm³/mol. The van der Waals surface area contributed by atoms with Gasteiger partial charge >= 0.3 is 45.6 Å². The van der Waals surface area contributed by atoms with Gasteiger partial charge in [-0.1, -0.05) is 6.92 Å². The maximum absolute atomic E-state index is 10.6. The number of carbonyl (C=O) groups is 1. The monoisotopic (exact) mass is 190 g/mol. The summed E-state index contributed by atoms with van der Waals surface area (Å²) in [6.45, 7) is 2.76. The Morgan fingerprint density at radius 3 is 2.18 bits per heavy atom. The molecule has 0 spiro atoms. The predicted octanol–water partition coefficient (Wildman–Crippen LogP) is -0.359. The minimum atomic E-state index is -3.58. The molecule has 6 heteroatoms. The molecule has 0 aromatic heterocycles. The van der Waals surface area contributed by atoms with E-state index >= 15 is 0 Å². The molecule has 0 atom stereocenters. The van der Waals surface area contributed by atoms with Crippen LogP contribution in [-0.4, -0.2) is 49.7 Å². The quantitative estimate of drug-likeness (QED) is 0.450. The van der Waals surface area contributed by atoms with Crippen LogP contribution in [0.4, 0.5) is 0 Å². The van der Waals surface area contributed by atoms with E-state index in [1.807, 2.05) is 0 Å². The van der Waals surface area contributed by atoms with E-state index in [0.29, 0.717) is 6.42 Å². The first-order valence-corrected chi connectivity index (χ1v) is 4.48. The molecule has 0 aliphatic carbocycles. The molecule has 0 rings (SSSR count). The van der Waals surface area contributed by atoms with Crippen LogP contribution in [0.15, 0.2) is 0 Å². The van der Waals surface area contributed by atoms with Crippen molar-refractivity contribution in [3.63, 3.8) is 0 Å². The van der Waals surface area contributed by atoms with Gasteiger partial charge in [0.15, 0.2) is 0 Å². The van der Waals surface area contributed by atoms with Gasteiger partial charge in [-0.2, -0.15) is 8.42 Å². The number of rotatable bonds is 3.